The first-order valence-electron chi connectivity index (χ1n) is 10.3. The lowest BCUT2D eigenvalue weighted by molar-refractivity contribution is 0.102. The number of rotatable bonds is 5. The summed E-state index contributed by atoms with van der Waals surface area (Å²) in [4.78, 5) is 27.6. The fourth-order valence-electron chi connectivity index (χ4n) is 4.39. The number of benzene rings is 1. The van der Waals surface area contributed by atoms with E-state index in [2.05, 4.69) is 20.5 Å². The summed E-state index contributed by atoms with van der Waals surface area (Å²) in [5.74, 6) is 1.03. The van der Waals surface area contributed by atoms with Crippen molar-refractivity contribution in [1.82, 2.24) is 19.7 Å². The van der Waals surface area contributed by atoms with Crippen LogP contribution in [0.5, 0.6) is 0 Å². The van der Waals surface area contributed by atoms with Gasteiger partial charge in [0.05, 0.1) is 11.0 Å². The lowest BCUT2D eigenvalue weighted by atomic mass is 9.86. The quantitative estimate of drug-likeness (QED) is 0.630. The van der Waals surface area contributed by atoms with Crippen LogP contribution in [0, 0.1) is 5.92 Å². The Morgan fingerprint density at radius 2 is 1.96 bits per heavy atom. The van der Waals surface area contributed by atoms with Gasteiger partial charge in [-0.3, -0.25) is 14.5 Å². The summed E-state index contributed by atoms with van der Waals surface area (Å²) < 4.78 is 1.79. The number of aromatic nitrogens is 4. The van der Waals surface area contributed by atoms with E-state index in [0.717, 1.165) is 30.5 Å². The molecule has 2 heterocycles. The minimum Gasteiger partial charge on any atom is -0.306 e. The number of hydrogen-bond donors (Lipinski definition) is 3. The predicted octanol–water partition coefficient (Wildman–Crippen LogP) is 3.76. The van der Waals surface area contributed by atoms with Crippen LogP contribution >= 0.6 is 0 Å². The van der Waals surface area contributed by atoms with Crippen LogP contribution < -0.4 is 11.0 Å². The van der Waals surface area contributed by atoms with Crippen LogP contribution in [0.4, 0.5) is 5.82 Å². The van der Waals surface area contributed by atoms with Gasteiger partial charge in [0.1, 0.15) is 0 Å². The molecule has 0 aliphatic heterocycles. The second kappa shape index (κ2) is 6.96. The molecule has 0 radical (unpaired) electrons. The van der Waals surface area contributed by atoms with Gasteiger partial charge in [0.25, 0.3) is 5.91 Å². The number of nitrogens with one attached hydrogen (secondary N) is 3. The number of imidazole rings is 1. The Labute approximate surface area is 162 Å². The summed E-state index contributed by atoms with van der Waals surface area (Å²) in [5, 5.41) is 10.2. The molecule has 0 saturated heterocycles. The first-order valence-corrected chi connectivity index (χ1v) is 10.3. The van der Waals surface area contributed by atoms with E-state index in [9.17, 15) is 9.59 Å². The minimum atomic E-state index is -0.224. The first-order chi connectivity index (χ1) is 13.7. The van der Waals surface area contributed by atoms with Crippen molar-refractivity contribution in [1.29, 1.82) is 0 Å². The number of hydrogen-bond acceptors (Lipinski definition) is 3. The number of amides is 1. The van der Waals surface area contributed by atoms with Crippen LogP contribution in [0.2, 0.25) is 0 Å². The number of nitrogens with zero attached hydrogens (tertiary/aromatic N) is 2. The molecule has 3 N–H and O–H groups in total. The standard InChI is InChI=1S/C21H25N5O2/c27-20(23-19-12-15(24-25-19)10-13-4-2-1-3-5-13)14-6-9-18-17(11-14)22-21(28)26(18)16-7-8-16/h6,9,11-13,16H,1-5,7-8,10H2,(H,22,28)(H2,23,24,25,27). The van der Waals surface area contributed by atoms with E-state index in [1.54, 1.807) is 16.7 Å². The van der Waals surface area contributed by atoms with Gasteiger partial charge in [0, 0.05) is 23.4 Å². The van der Waals surface area contributed by atoms with E-state index in [1.807, 2.05) is 12.1 Å². The molecular formula is C21H25N5O2. The van der Waals surface area contributed by atoms with Crippen molar-refractivity contribution in [3.05, 3.63) is 46.0 Å². The maximum absolute atomic E-state index is 12.6. The number of fused-ring (bicyclic) bond motifs is 1. The maximum atomic E-state index is 12.6. The van der Waals surface area contributed by atoms with Crippen molar-refractivity contribution in [2.24, 2.45) is 5.92 Å². The topological polar surface area (TPSA) is 95.6 Å². The van der Waals surface area contributed by atoms with Crippen molar-refractivity contribution in [2.45, 2.75) is 57.4 Å². The van der Waals surface area contributed by atoms with Crippen molar-refractivity contribution in [3.8, 4) is 0 Å². The van der Waals surface area contributed by atoms with Crippen molar-refractivity contribution in [2.75, 3.05) is 5.32 Å². The molecule has 7 nitrogen and oxygen atoms in total. The second-order valence-electron chi connectivity index (χ2n) is 8.20. The van der Waals surface area contributed by atoms with Crippen molar-refractivity contribution in [3.63, 3.8) is 0 Å². The molecule has 2 aliphatic carbocycles. The van der Waals surface area contributed by atoms with Crippen LogP contribution in [-0.4, -0.2) is 25.7 Å². The molecular weight excluding hydrogens is 354 g/mol. The van der Waals surface area contributed by atoms with Crippen molar-refractivity contribution >= 4 is 22.8 Å². The zero-order valence-electron chi connectivity index (χ0n) is 15.8. The first kappa shape index (κ1) is 17.3. The van der Waals surface area contributed by atoms with Gasteiger partial charge in [-0.15, -0.1) is 0 Å². The van der Waals surface area contributed by atoms with E-state index < -0.39 is 0 Å². The molecule has 1 aromatic carbocycles. The molecule has 0 spiro atoms. The largest absolute Gasteiger partial charge is 0.326 e. The van der Waals surface area contributed by atoms with Gasteiger partial charge in [0.2, 0.25) is 0 Å². The van der Waals surface area contributed by atoms with Crippen LogP contribution in [0.25, 0.3) is 11.0 Å². The number of H-pyrrole nitrogens is 2. The predicted molar refractivity (Wildman–Crippen MR) is 108 cm³/mol. The monoisotopic (exact) mass is 379 g/mol. The van der Waals surface area contributed by atoms with E-state index in [4.69, 9.17) is 0 Å². The fourth-order valence-corrected chi connectivity index (χ4v) is 4.39. The second-order valence-corrected chi connectivity index (χ2v) is 8.20. The van der Waals surface area contributed by atoms with Gasteiger partial charge >= 0.3 is 5.69 Å². The highest BCUT2D eigenvalue weighted by atomic mass is 16.2. The molecule has 5 rings (SSSR count). The Bertz CT molecular complexity index is 1070. The summed E-state index contributed by atoms with van der Waals surface area (Å²) in [6, 6.07) is 7.57. The van der Waals surface area contributed by atoms with Crippen LogP contribution in [0.1, 0.15) is 67.0 Å². The third-order valence-corrected chi connectivity index (χ3v) is 6.00. The zero-order valence-corrected chi connectivity index (χ0v) is 15.8. The Balaban J connectivity index is 1.29. The normalized spacial score (nSPS) is 17.9. The summed E-state index contributed by atoms with van der Waals surface area (Å²) in [6.45, 7) is 0. The molecule has 146 valence electrons. The summed E-state index contributed by atoms with van der Waals surface area (Å²) in [6.07, 6.45) is 9.60. The SMILES string of the molecule is O=C(Nc1cc(CC2CCCCC2)[nH]n1)c1ccc2c(c1)[nH]c(=O)n2C1CC1. The van der Waals surface area contributed by atoms with Gasteiger partial charge in [-0.1, -0.05) is 32.1 Å². The van der Waals surface area contributed by atoms with Gasteiger partial charge < -0.3 is 10.3 Å². The average molecular weight is 379 g/mol. The third kappa shape index (κ3) is 3.37. The van der Waals surface area contributed by atoms with Crippen molar-refractivity contribution < 1.29 is 4.79 Å². The Morgan fingerprint density at radius 3 is 2.75 bits per heavy atom. The van der Waals surface area contributed by atoms with E-state index in [1.165, 1.54) is 32.1 Å². The lowest BCUT2D eigenvalue weighted by Gasteiger charge is -2.20. The highest BCUT2D eigenvalue weighted by molar-refractivity contribution is 6.05. The molecule has 2 fully saturated rings. The minimum absolute atomic E-state index is 0.102. The molecule has 3 aromatic rings. The summed E-state index contributed by atoms with van der Waals surface area (Å²) >= 11 is 0. The van der Waals surface area contributed by atoms with E-state index in [-0.39, 0.29) is 11.6 Å². The summed E-state index contributed by atoms with van der Waals surface area (Å²) in [5.41, 5.74) is 3.04. The molecule has 28 heavy (non-hydrogen) atoms. The van der Waals surface area contributed by atoms with Gasteiger partial charge in [-0.05, 0) is 43.4 Å². The molecule has 1 amide bonds. The van der Waals surface area contributed by atoms with Crippen LogP contribution in [-0.2, 0) is 6.42 Å². The Hall–Kier alpha value is -2.83. The molecule has 7 heteroatoms. The van der Waals surface area contributed by atoms with E-state index >= 15 is 0 Å². The number of carbonyl (C=O) groups excluding carboxylic acids is 1. The average Bonchev–Trinajstić information content (AvgIpc) is 3.34. The Morgan fingerprint density at radius 1 is 1.14 bits per heavy atom. The molecule has 2 aromatic heterocycles. The van der Waals surface area contributed by atoms with Gasteiger partial charge in [-0.2, -0.15) is 5.10 Å². The third-order valence-electron chi connectivity index (χ3n) is 6.00. The molecule has 0 atom stereocenters. The smallest absolute Gasteiger partial charge is 0.306 e. The highest BCUT2D eigenvalue weighted by Gasteiger charge is 2.27. The van der Waals surface area contributed by atoms with Gasteiger partial charge in [-0.25, -0.2) is 4.79 Å². The Kier molecular flexibility index (Phi) is 4.30. The van der Waals surface area contributed by atoms with Crippen LogP contribution in [0.3, 0.4) is 0 Å². The number of aromatic amines is 2. The molecule has 0 bridgehead atoms. The number of carbonyl (C=O) groups is 1. The van der Waals surface area contributed by atoms with E-state index in [0.29, 0.717) is 28.9 Å². The highest BCUT2D eigenvalue weighted by Crippen LogP contribution is 2.35. The fraction of sp³-hybridized carbons (Fsp3) is 0.476. The molecule has 2 saturated carbocycles. The van der Waals surface area contributed by atoms with Gasteiger partial charge in [0.15, 0.2) is 5.82 Å². The number of anilines is 1. The molecule has 0 unspecified atom stereocenters. The summed E-state index contributed by atoms with van der Waals surface area (Å²) in [7, 11) is 0. The zero-order chi connectivity index (χ0) is 19.1. The van der Waals surface area contributed by atoms with Crippen LogP contribution in [0.15, 0.2) is 29.1 Å². The maximum Gasteiger partial charge on any atom is 0.326 e. The lowest BCUT2D eigenvalue weighted by Crippen LogP contribution is -2.14. The molecule has 2 aliphatic rings.